The van der Waals surface area contributed by atoms with Crippen LogP contribution in [0.25, 0.3) is 0 Å². The summed E-state index contributed by atoms with van der Waals surface area (Å²) < 4.78 is 5.37. The van der Waals surface area contributed by atoms with Crippen molar-refractivity contribution >= 4 is 0 Å². The van der Waals surface area contributed by atoms with Crippen LogP contribution < -0.4 is 5.73 Å². The van der Waals surface area contributed by atoms with E-state index in [4.69, 9.17) is 10.5 Å². The fourth-order valence-electron chi connectivity index (χ4n) is 2.41. The molecular formula is C11H22N2O. The number of piperidine rings is 1. The second kappa shape index (κ2) is 4.17. The van der Waals surface area contributed by atoms with Crippen molar-refractivity contribution in [3.8, 4) is 0 Å². The number of likely N-dealkylation sites (tertiary alicyclic amines) is 1. The highest BCUT2D eigenvalue weighted by Crippen LogP contribution is 2.21. The molecule has 2 aliphatic heterocycles. The van der Waals surface area contributed by atoms with Gasteiger partial charge in [-0.15, -0.1) is 0 Å². The lowest BCUT2D eigenvalue weighted by Gasteiger charge is -2.35. The lowest BCUT2D eigenvalue weighted by Crippen LogP contribution is -2.52. The van der Waals surface area contributed by atoms with Crippen LogP contribution in [0.3, 0.4) is 0 Å². The maximum Gasteiger partial charge on any atom is 0.0659 e. The molecule has 82 valence electrons. The molecule has 0 aromatic rings. The lowest BCUT2D eigenvalue weighted by molar-refractivity contribution is 0.130. The van der Waals surface area contributed by atoms with Crippen LogP contribution in [0.5, 0.6) is 0 Å². The first-order valence-corrected chi connectivity index (χ1v) is 5.77. The van der Waals surface area contributed by atoms with Gasteiger partial charge in [-0.2, -0.15) is 0 Å². The standard InChI is InChI=1S/C11H22N2O/c1-10-2-5-13(6-3-10)8-11(12)4-7-14-9-11/h10H,2-9,12H2,1H3. The number of hydrogen-bond acceptors (Lipinski definition) is 3. The molecule has 1 unspecified atom stereocenters. The molecule has 1 atom stereocenters. The summed E-state index contributed by atoms with van der Waals surface area (Å²) in [6.07, 6.45) is 3.69. The average Bonchev–Trinajstić information content (AvgIpc) is 2.57. The molecular weight excluding hydrogens is 176 g/mol. The monoisotopic (exact) mass is 198 g/mol. The molecule has 0 aromatic carbocycles. The third kappa shape index (κ3) is 2.47. The van der Waals surface area contributed by atoms with Crippen LogP contribution in [0, 0.1) is 5.92 Å². The van der Waals surface area contributed by atoms with Gasteiger partial charge in [0.05, 0.1) is 12.1 Å². The molecule has 2 N–H and O–H groups in total. The Morgan fingerprint density at radius 2 is 2.14 bits per heavy atom. The van der Waals surface area contributed by atoms with Crippen LogP contribution in [0.4, 0.5) is 0 Å². The van der Waals surface area contributed by atoms with Gasteiger partial charge in [-0.05, 0) is 38.3 Å². The van der Waals surface area contributed by atoms with Gasteiger partial charge in [0.1, 0.15) is 0 Å². The zero-order chi connectivity index (χ0) is 10.0. The van der Waals surface area contributed by atoms with E-state index in [2.05, 4.69) is 11.8 Å². The smallest absolute Gasteiger partial charge is 0.0659 e. The molecule has 3 nitrogen and oxygen atoms in total. The molecule has 2 aliphatic rings. The Labute approximate surface area is 86.6 Å². The Bertz CT molecular complexity index is 182. The van der Waals surface area contributed by atoms with Crippen LogP contribution in [0.1, 0.15) is 26.2 Å². The van der Waals surface area contributed by atoms with Crippen molar-refractivity contribution in [3.63, 3.8) is 0 Å². The molecule has 2 rings (SSSR count). The molecule has 0 saturated carbocycles. The van der Waals surface area contributed by atoms with E-state index in [0.717, 1.165) is 32.1 Å². The summed E-state index contributed by atoms with van der Waals surface area (Å²) in [7, 11) is 0. The van der Waals surface area contributed by atoms with Crippen LogP contribution in [0.15, 0.2) is 0 Å². The highest BCUT2D eigenvalue weighted by Gasteiger charge is 2.33. The van der Waals surface area contributed by atoms with Gasteiger partial charge in [0, 0.05) is 13.2 Å². The van der Waals surface area contributed by atoms with Gasteiger partial charge in [-0.3, -0.25) is 0 Å². The number of rotatable bonds is 2. The molecule has 2 fully saturated rings. The van der Waals surface area contributed by atoms with Crippen molar-refractivity contribution in [2.45, 2.75) is 31.7 Å². The number of nitrogens with two attached hydrogens (primary N) is 1. The van der Waals surface area contributed by atoms with E-state index >= 15 is 0 Å². The zero-order valence-corrected chi connectivity index (χ0v) is 9.17. The quantitative estimate of drug-likeness (QED) is 0.714. The van der Waals surface area contributed by atoms with Gasteiger partial charge in [-0.1, -0.05) is 6.92 Å². The van der Waals surface area contributed by atoms with Crippen LogP contribution in [0.2, 0.25) is 0 Å². The summed E-state index contributed by atoms with van der Waals surface area (Å²) in [5.41, 5.74) is 6.20. The average molecular weight is 198 g/mol. The molecule has 0 aromatic heterocycles. The van der Waals surface area contributed by atoms with Gasteiger partial charge >= 0.3 is 0 Å². The number of nitrogens with zero attached hydrogens (tertiary/aromatic N) is 1. The van der Waals surface area contributed by atoms with Gasteiger partial charge in [0.25, 0.3) is 0 Å². The molecule has 2 heterocycles. The molecule has 0 bridgehead atoms. The van der Waals surface area contributed by atoms with Crippen LogP contribution in [-0.2, 0) is 4.74 Å². The molecule has 0 radical (unpaired) electrons. The van der Waals surface area contributed by atoms with E-state index in [-0.39, 0.29) is 5.54 Å². The normalized spacial score (nSPS) is 36.4. The van der Waals surface area contributed by atoms with Crippen molar-refractivity contribution < 1.29 is 4.74 Å². The topological polar surface area (TPSA) is 38.5 Å². The van der Waals surface area contributed by atoms with Gasteiger partial charge in [0.15, 0.2) is 0 Å². The Morgan fingerprint density at radius 3 is 2.71 bits per heavy atom. The molecule has 14 heavy (non-hydrogen) atoms. The summed E-state index contributed by atoms with van der Waals surface area (Å²) in [6.45, 7) is 7.41. The lowest BCUT2D eigenvalue weighted by atomic mass is 9.95. The highest BCUT2D eigenvalue weighted by atomic mass is 16.5. The third-order valence-corrected chi connectivity index (χ3v) is 3.55. The fraction of sp³-hybridized carbons (Fsp3) is 1.00. The Balaban J connectivity index is 1.79. The second-order valence-corrected chi connectivity index (χ2v) is 5.12. The van der Waals surface area contributed by atoms with Gasteiger partial charge in [0.2, 0.25) is 0 Å². The second-order valence-electron chi connectivity index (χ2n) is 5.12. The van der Waals surface area contributed by atoms with Crippen molar-refractivity contribution in [1.29, 1.82) is 0 Å². The van der Waals surface area contributed by atoms with Crippen LogP contribution >= 0.6 is 0 Å². The Morgan fingerprint density at radius 1 is 1.43 bits per heavy atom. The maximum atomic E-state index is 6.26. The molecule has 0 aliphatic carbocycles. The first-order chi connectivity index (χ1) is 6.68. The Hall–Kier alpha value is -0.120. The molecule has 2 saturated heterocycles. The number of ether oxygens (including phenoxy) is 1. The molecule has 3 heteroatoms. The first kappa shape index (κ1) is 10.4. The van der Waals surface area contributed by atoms with E-state index in [9.17, 15) is 0 Å². The van der Waals surface area contributed by atoms with Crippen molar-refractivity contribution in [3.05, 3.63) is 0 Å². The first-order valence-electron chi connectivity index (χ1n) is 5.77. The highest BCUT2D eigenvalue weighted by molar-refractivity contribution is 4.91. The summed E-state index contributed by atoms with van der Waals surface area (Å²) in [5, 5.41) is 0. The minimum Gasteiger partial charge on any atom is -0.379 e. The minimum atomic E-state index is -0.0550. The SMILES string of the molecule is CC1CCN(CC2(N)CCOC2)CC1. The predicted octanol–water partition coefficient (Wildman–Crippen LogP) is 0.836. The minimum absolute atomic E-state index is 0.0550. The van der Waals surface area contributed by atoms with Gasteiger partial charge < -0.3 is 15.4 Å². The maximum absolute atomic E-state index is 6.26. The summed E-state index contributed by atoms with van der Waals surface area (Å²) in [6, 6.07) is 0. The van der Waals surface area contributed by atoms with Crippen molar-refractivity contribution in [1.82, 2.24) is 4.90 Å². The summed E-state index contributed by atoms with van der Waals surface area (Å²) >= 11 is 0. The van der Waals surface area contributed by atoms with E-state index < -0.39 is 0 Å². The van der Waals surface area contributed by atoms with Crippen molar-refractivity contribution in [2.24, 2.45) is 11.7 Å². The van der Waals surface area contributed by atoms with Gasteiger partial charge in [-0.25, -0.2) is 0 Å². The van der Waals surface area contributed by atoms with Crippen molar-refractivity contribution in [2.75, 3.05) is 32.8 Å². The fourth-order valence-corrected chi connectivity index (χ4v) is 2.41. The van der Waals surface area contributed by atoms with E-state index in [1.54, 1.807) is 0 Å². The molecule has 0 spiro atoms. The summed E-state index contributed by atoms with van der Waals surface area (Å²) in [5.74, 6) is 0.903. The zero-order valence-electron chi connectivity index (χ0n) is 9.17. The van der Waals surface area contributed by atoms with E-state index in [1.807, 2.05) is 0 Å². The predicted molar refractivity (Wildman–Crippen MR) is 57.2 cm³/mol. The largest absolute Gasteiger partial charge is 0.379 e. The molecule has 0 amide bonds. The van der Waals surface area contributed by atoms with Crippen LogP contribution in [-0.4, -0.2) is 43.3 Å². The Kier molecular flexibility index (Phi) is 3.10. The third-order valence-electron chi connectivity index (χ3n) is 3.55. The number of hydrogen-bond donors (Lipinski definition) is 1. The summed E-state index contributed by atoms with van der Waals surface area (Å²) in [4.78, 5) is 2.51. The van der Waals surface area contributed by atoms with E-state index in [1.165, 1.54) is 25.9 Å². The van der Waals surface area contributed by atoms with E-state index in [0.29, 0.717) is 0 Å².